The van der Waals surface area contributed by atoms with Crippen LogP contribution in [0.5, 0.6) is 0 Å². The molecule has 2 aromatic rings. The molecule has 1 aromatic heterocycles. The van der Waals surface area contributed by atoms with Gasteiger partial charge in [-0.05, 0) is 23.6 Å². The normalized spacial score (nSPS) is 22.0. The van der Waals surface area contributed by atoms with E-state index in [1.165, 1.54) is 5.39 Å². The van der Waals surface area contributed by atoms with Crippen molar-refractivity contribution in [1.29, 1.82) is 0 Å². The van der Waals surface area contributed by atoms with Crippen molar-refractivity contribution in [3.05, 3.63) is 42.2 Å². The molecule has 4 heteroatoms. The van der Waals surface area contributed by atoms with Crippen molar-refractivity contribution in [2.75, 3.05) is 26.2 Å². The summed E-state index contributed by atoms with van der Waals surface area (Å²) in [5, 5.41) is 2.30. The van der Waals surface area contributed by atoms with Gasteiger partial charge >= 0.3 is 0 Å². The Hall–Kier alpha value is -1.49. The van der Waals surface area contributed by atoms with Gasteiger partial charge < -0.3 is 10.5 Å². The highest BCUT2D eigenvalue weighted by atomic mass is 16.5. The molecule has 3 rings (SSSR count). The maximum Gasteiger partial charge on any atom is 0.0895 e. The molecule has 1 aliphatic heterocycles. The lowest BCUT2D eigenvalue weighted by Crippen LogP contribution is -2.46. The van der Waals surface area contributed by atoms with E-state index in [1.54, 1.807) is 0 Å². The Morgan fingerprint density at radius 3 is 3.20 bits per heavy atom. The number of benzene rings is 1. The number of ether oxygens (including phenoxy) is 1. The summed E-state index contributed by atoms with van der Waals surface area (Å²) in [6, 6.07) is 8.14. The van der Waals surface area contributed by atoms with E-state index in [0.717, 1.165) is 37.2 Å². The average molecular weight is 271 g/mol. The Morgan fingerprint density at radius 1 is 1.45 bits per heavy atom. The molecule has 1 saturated heterocycles. The third kappa shape index (κ3) is 2.54. The lowest BCUT2D eigenvalue weighted by Gasteiger charge is -2.35. The van der Waals surface area contributed by atoms with Crippen molar-refractivity contribution in [3.8, 4) is 0 Å². The van der Waals surface area contributed by atoms with Crippen LogP contribution in [-0.4, -0.2) is 42.2 Å². The van der Waals surface area contributed by atoms with Crippen LogP contribution in [0.3, 0.4) is 0 Å². The van der Waals surface area contributed by atoms with E-state index in [1.807, 2.05) is 18.5 Å². The second-order valence-electron chi connectivity index (χ2n) is 5.27. The van der Waals surface area contributed by atoms with Crippen molar-refractivity contribution in [2.45, 2.75) is 19.1 Å². The number of pyridine rings is 1. The van der Waals surface area contributed by atoms with Crippen LogP contribution in [0.2, 0.25) is 0 Å². The predicted molar refractivity (Wildman–Crippen MR) is 80.5 cm³/mol. The Kier molecular flexibility index (Phi) is 3.96. The Morgan fingerprint density at radius 2 is 2.35 bits per heavy atom. The van der Waals surface area contributed by atoms with E-state index in [-0.39, 0.29) is 12.1 Å². The van der Waals surface area contributed by atoms with Crippen molar-refractivity contribution >= 4 is 10.8 Å². The van der Waals surface area contributed by atoms with E-state index in [9.17, 15) is 0 Å². The first-order valence-electron chi connectivity index (χ1n) is 7.21. The van der Waals surface area contributed by atoms with Gasteiger partial charge in [-0.2, -0.15) is 0 Å². The number of aromatic nitrogens is 1. The quantitative estimate of drug-likeness (QED) is 0.927. The summed E-state index contributed by atoms with van der Waals surface area (Å²) in [6.07, 6.45) is 3.76. The van der Waals surface area contributed by atoms with Crippen LogP contribution in [0.4, 0.5) is 0 Å². The molecule has 0 bridgehead atoms. The summed E-state index contributed by atoms with van der Waals surface area (Å²) < 4.78 is 5.89. The standard InChI is InChI=1S/C16H21N3O/c1-2-19-8-9-20-15(11-19)16(17)13-5-3-4-12-6-7-18-10-14(12)13/h3-7,10,15-16H,2,8-9,11,17H2,1H3. The molecule has 2 N–H and O–H groups in total. The molecule has 0 spiro atoms. The van der Waals surface area contributed by atoms with Gasteiger partial charge in [-0.15, -0.1) is 0 Å². The zero-order valence-electron chi connectivity index (χ0n) is 11.8. The monoisotopic (exact) mass is 271 g/mol. The van der Waals surface area contributed by atoms with E-state index in [2.05, 4.69) is 35.0 Å². The second kappa shape index (κ2) is 5.87. The molecule has 0 saturated carbocycles. The number of nitrogens with two attached hydrogens (primary N) is 1. The molecule has 0 aliphatic carbocycles. The molecule has 1 aliphatic rings. The lowest BCUT2D eigenvalue weighted by atomic mass is 9.96. The summed E-state index contributed by atoms with van der Waals surface area (Å²) in [4.78, 5) is 6.61. The zero-order chi connectivity index (χ0) is 13.9. The van der Waals surface area contributed by atoms with Crippen LogP contribution in [0, 0.1) is 0 Å². The smallest absolute Gasteiger partial charge is 0.0895 e. The molecule has 2 atom stereocenters. The predicted octanol–water partition coefficient (Wildman–Crippen LogP) is 1.96. The van der Waals surface area contributed by atoms with E-state index in [0.29, 0.717) is 0 Å². The van der Waals surface area contributed by atoms with Gasteiger partial charge in [0.05, 0.1) is 18.8 Å². The Balaban J connectivity index is 1.90. The highest BCUT2D eigenvalue weighted by Crippen LogP contribution is 2.26. The maximum absolute atomic E-state index is 6.47. The fourth-order valence-electron chi connectivity index (χ4n) is 2.86. The highest BCUT2D eigenvalue weighted by Gasteiger charge is 2.27. The minimum atomic E-state index is -0.114. The molecular weight excluding hydrogens is 250 g/mol. The molecule has 20 heavy (non-hydrogen) atoms. The van der Waals surface area contributed by atoms with Crippen molar-refractivity contribution in [1.82, 2.24) is 9.88 Å². The molecule has 2 unspecified atom stereocenters. The number of rotatable bonds is 3. The SMILES string of the molecule is CCN1CCOC(C(N)c2cccc3ccncc23)C1. The number of hydrogen-bond donors (Lipinski definition) is 1. The molecular formula is C16H21N3O. The number of fused-ring (bicyclic) bond motifs is 1. The summed E-state index contributed by atoms with van der Waals surface area (Å²) in [5.74, 6) is 0. The van der Waals surface area contributed by atoms with E-state index in [4.69, 9.17) is 10.5 Å². The molecule has 106 valence electrons. The first-order valence-corrected chi connectivity index (χ1v) is 7.21. The summed E-state index contributed by atoms with van der Waals surface area (Å²) in [5.41, 5.74) is 7.60. The molecule has 1 aromatic carbocycles. The first kappa shape index (κ1) is 13.5. The number of hydrogen-bond acceptors (Lipinski definition) is 4. The van der Waals surface area contributed by atoms with Gasteiger partial charge in [0.15, 0.2) is 0 Å². The van der Waals surface area contributed by atoms with Gasteiger partial charge in [-0.25, -0.2) is 0 Å². The van der Waals surface area contributed by atoms with Crippen LogP contribution < -0.4 is 5.73 Å². The van der Waals surface area contributed by atoms with Gasteiger partial charge in [0, 0.05) is 30.9 Å². The van der Waals surface area contributed by atoms with E-state index < -0.39 is 0 Å². The van der Waals surface area contributed by atoms with Crippen LogP contribution >= 0.6 is 0 Å². The summed E-state index contributed by atoms with van der Waals surface area (Å²) >= 11 is 0. The Labute approximate surface area is 119 Å². The number of morpholine rings is 1. The highest BCUT2D eigenvalue weighted by molar-refractivity contribution is 5.85. The largest absolute Gasteiger partial charge is 0.374 e. The summed E-state index contributed by atoms with van der Waals surface area (Å²) in [6.45, 7) is 5.87. The van der Waals surface area contributed by atoms with Gasteiger partial charge in [0.25, 0.3) is 0 Å². The number of likely N-dealkylation sites (N-methyl/N-ethyl adjacent to an activating group) is 1. The van der Waals surface area contributed by atoms with Gasteiger partial charge in [-0.3, -0.25) is 9.88 Å². The molecule has 1 fully saturated rings. The Bertz CT molecular complexity index is 581. The molecule has 4 nitrogen and oxygen atoms in total. The summed E-state index contributed by atoms with van der Waals surface area (Å²) in [7, 11) is 0. The van der Waals surface area contributed by atoms with Crippen LogP contribution in [0.15, 0.2) is 36.7 Å². The van der Waals surface area contributed by atoms with Gasteiger partial charge in [0.2, 0.25) is 0 Å². The maximum atomic E-state index is 6.47. The molecule has 0 amide bonds. The van der Waals surface area contributed by atoms with Gasteiger partial charge in [-0.1, -0.05) is 25.1 Å². The average Bonchev–Trinajstić information content (AvgIpc) is 2.53. The van der Waals surface area contributed by atoms with Crippen molar-refractivity contribution < 1.29 is 4.74 Å². The van der Waals surface area contributed by atoms with Crippen LogP contribution in [0.1, 0.15) is 18.5 Å². The zero-order valence-corrected chi connectivity index (χ0v) is 11.8. The van der Waals surface area contributed by atoms with Gasteiger partial charge in [0.1, 0.15) is 0 Å². The van der Waals surface area contributed by atoms with Crippen molar-refractivity contribution in [2.24, 2.45) is 5.73 Å². The third-order valence-electron chi connectivity index (χ3n) is 4.10. The fraction of sp³-hybridized carbons (Fsp3) is 0.438. The third-order valence-corrected chi connectivity index (χ3v) is 4.10. The van der Waals surface area contributed by atoms with Crippen molar-refractivity contribution in [3.63, 3.8) is 0 Å². The lowest BCUT2D eigenvalue weighted by molar-refractivity contribution is -0.0390. The second-order valence-corrected chi connectivity index (χ2v) is 5.27. The van der Waals surface area contributed by atoms with E-state index >= 15 is 0 Å². The molecule has 2 heterocycles. The topological polar surface area (TPSA) is 51.4 Å². The molecule has 0 radical (unpaired) electrons. The minimum Gasteiger partial charge on any atom is -0.374 e. The van der Waals surface area contributed by atoms with Crippen LogP contribution in [0.25, 0.3) is 10.8 Å². The minimum absolute atomic E-state index is 0.0505. The number of nitrogens with zero attached hydrogens (tertiary/aromatic N) is 2. The van der Waals surface area contributed by atoms with Crippen LogP contribution in [-0.2, 0) is 4.74 Å². The fourth-order valence-corrected chi connectivity index (χ4v) is 2.86. The first-order chi connectivity index (χ1) is 9.79.